The monoisotopic (exact) mass is 202 g/mol. The van der Waals surface area contributed by atoms with Gasteiger partial charge in [0.25, 0.3) is 0 Å². The standard InChI is InChI=1S/C4H6O2.C2H3ClO2.Mg/c1-3(2)4(5)6;3-1-2(4)5;/h1H2,2H3,(H,5,6);1H2,(H,4,5);/q;;+2/p-2. The molecule has 0 aromatic carbocycles. The molecule has 0 rings (SSSR count). The molecule has 0 aliphatic rings. The fraction of sp³-hybridized carbons (Fsp3) is 0.333. The zero-order chi connectivity index (χ0) is 9.44. The Balaban J connectivity index is -0.000000126. The van der Waals surface area contributed by atoms with E-state index in [1.165, 1.54) is 6.92 Å². The molecule has 0 N–H and O–H groups in total. The molecule has 0 bridgehead atoms. The summed E-state index contributed by atoms with van der Waals surface area (Å²) >= 11 is 4.67. The predicted octanol–water partition coefficient (Wildman–Crippen LogP) is -2.09. The van der Waals surface area contributed by atoms with Crippen molar-refractivity contribution in [3.8, 4) is 0 Å². The molecule has 0 fully saturated rings. The van der Waals surface area contributed by atoms with E-state index in [0.29, 0.717) is 0 Å². The Bertz CT molecular complexity index is 157. The van der Waals surface area contributed by atoms with Crippen LogP contribution in [0.4, 0.5) is 0 Å². The quantitative estimate of drug-likeness (QED) is 0.292. The number of halogens is 1. The largest absolute Gasteiger partial charge is 2.00 e. The van der Waals surface area contributed by atoms with E-state index in [0.717, 1.165) is 0 Å². The van der Waals surface area contributed by atoms with Gasteiger partial charge in [-0.3, -0.25) is 0 Å². The van der Waals surface area contributed by atoms with Crippen molar-refractivity contribution in [2.24, 2.45) is 0 Å². The average Bonchev–Trinajstić information content (AvgIpc) is 1.89. The van der Waals surface area contributed by atoms with Crippen LogP contribution in [0.25, 0.3) is 0 Å². The Morgan fingerprint density at radius 2 is 1.58 bits per heavy atom. The molecule has 0 saturated heterocycles. The SMILES string of the molecule is C=C(C)C(=O)[O-].O=C([O-])CCl.[Mg+2]. The van der Waals surface area contributed by atoms with Gasteiger partial charge in [-0.25, -0.2) is 0 Å². The van der Waals surface area contributed by atoms with Gasteiger partial charge < -0.3 is 19.8 Å². The van der Waals surface area contributed by atoms with Gasteiger partial charge in [0.05, 0.1) is 17.8 Å². The van der Waals surface area contributed by atoms with Crippen molar-refractivity contribution in [3.63, 3.8) is 0 Å². The Kier molecular flexibility index (Phi) is 15.9. The Hall–Kier alpha value is -0.264. The molecule has 0 aliphatic heterocycles. The van der Waals surface area contributed by atoms with Gasteiger partial charge in [-0.1, -0.05) is 6.58 Å². The third-order valence-electron chi connectivity index (χ3n) is 0.458. The maximum absolute atomic E-state index is 9.49. The van der Waals surface area contributed by atoms with Crippen LogP contribution >= 0.6 is 11.6 Å². The molecule has 0 aliphatic carbocycles. The summed E-state index contributed by atoms with van der Waals surface area (Å²) in [6.45, 7) is 4.48. The average molecular weight is 203 g/mol. The van der Waals surface area contributed by atoms with E-state index in [2.05, 4.69) is 18.2 Å². The molecule has 0 unspecified atom stereocenters. The molecular formula is C6H7ClMgO4. The Morgan fingerprint density at radius 3 is 1.58 bits per heavy atom. The van der Waals surface area contributed by atoms with E-state index in [9.17, 15) is 9.90 Å². The van der Waals surface area contributed by atoms with Crippen LogP contribution in [0.5, 0.6) is 0 Å². The summed E-state index contributed by atoms with van der Waals surface area (Å²) < 4.78 is 0. The summed E-state index contributed by atoms with van der Waals surface area (Å²) in [6.07, 6.45) is 0. The fourth-order valence-electron chi connectivity index (χ4n) is 0. The number of hydrogen-bond acceptors (Lipinski definition) is 4. The summed E-state index contributed by atoms with van der Waals surface area (Å²) in [5.74, 6) is -2.83. The number of carbonyl (C=O) groups excluding carboxylic acids is 2. The molecular weight excluding hydrogens is 196 g/mol. The molecule has 0 aromatic rings. The van der Waals surface area contributed by atoms with Gasteiger partial charge in [-0.15, -0.1) is 11.6 Å². The van der Waals surface area contributed by atoms with Crippen molar-refractivity contribution in [2.75, 3.05) is 5.88 Å². The van der Waals surface area contributed by atoms with Crippen LogP contribution in [0.2, 0.25) is 0 Å². The van der Waals surface area contributed by atoms with E-state index in [-0.39, 0.29) is 28.6 Å². The van der Waals surface area contributed by atoms with Crippen LogP contribution in [-0.4, -0.2) is 40.9 Å². The summed E-state index contributed by atoms with van der Waals surface area (Å²) in [7, 11) is 0. The minimum absolute atomic E-state index is 0. The second-order valence-corrected chi connectivity index (χ2v) is 1.84. The van der Waals surface area contributed by atoms with E-state index >= 15 is 0 Å². The molecule has 6 heteroatoms. The van der Waals surface area contributed by atoms with Crippen LogP contribution in [0.15, 0.2) is 12.2 Å². The number of carboxylic acids is 2. The van der Waals surface area contributed by atoms with Crippen LogP contribution < -0.4 is 10.2 Å². The molecule has 0 atom stereocenters. The van der Waals surface area contributed by atoms with Crippen LogP contribution in [0, 0.1) is 0 Å². The summed E-state index contributed by atoms with van der Waals surface area (Å²) in [5.41, 5.74) is 0.0648. The molecule has 12 heavy (non-hydrogen) atoms. The second-order valence-electron chi connectivity index (χ2n) is 1.57. The van der Waals surface area contributed by atoms with Crippen molar-refractivity contribution < 1.29 is 19.8 Å². The molecule has 0 radical (unpaired) electrons. The molecule has 0 amide bonds. The smallest absolute Gasteiger partial charge is 0.549 e. The first-order valence-electron chi connectivity index (χ1n) is 2.54. The number of aliphatic carboxylic acids is 2. The molecule has 0 heterocycles. The van der Waals surface area contributed by atoms with Crippen molar-refractivity contribution in [3.05, 3.63) is 12.2 Å². The zero-order valence-corrected chi connectivity index (χ0v) is 8.80. The maximum Gasteiger partial charge on any atom is 2.00 e. The number of carboxylic acid groups (broad SMARTS) is 2. The van der Waals surface area contributed by atoms with E-state index in [1.54, 1.807) is 0 Å². The normalized spacial score (nSPS) is 6.83. The van der Waals surface area contributed by atoms with Gasteiger partial charge in [-0.2, -0.15) is 0 Å². The van der Waals surface area contributed by atoms with Gasteiger partial charge >= 0.3 is 23.1 Å². The number of alkyl halides is 1. The van der Waals surface area contributed by atoms with Crippen molar-refractivity contribution in [2.45, 2.75) is 6.92 Å². The van der Waals surface area contributed by atoms with Crippen LogP contribution in [0.1, 0.15) is 6.92 Å². The topological polar surface area (TPSA) is 80.3 Å². The molecule has 0 spiro atoms. The fourth-order valence-corrected chi connectivity index (χ4v) is 0. The first-order chi connectivity index (χ1) is 4.91. The summed E-state index contributed by atoms with van der Waals surface area (Å²) in [5, 5.41) is 18.6. The van der Waals surface area contributed by atoms with Crippen LogP contribution in [-0.2, 0) is 9.59 Å². The third-order valence-corrected chi connectivity index (χ3v) is 0.676. The molecule has 0 saturated carbocycles. The number of hydrogen-bond donors (Lipinski definition) is 0. The summed E-state index contributed by atoms with van der Waals surface area (Å²) in [4.78, 5) is 18.6. The first kappa shape index (κ1) is 17.7. The van der Waals surface area contributed by atoms with E-state index in [1.807, 2.05) is 0 Å². The first-order valence-corrected chi connectivity index (χ1v) is 3.08. The third kappa shape index (κ3) is 22.6. The Labute approximate surface area is 91.4 Å². The zero-order valence-electron chi connectivity index (χ0n) is 6.63. The maximum atomic E-state index is 9.49. The number of carbonyl (C=O) groups is 2. The van der Waals surface area contributed by atoms with Gasteiger partial charge in [0.1, 0.15) is 0 Å². The van der Waals surface area contributed by atoms with Gasteiger partial charge in [0.15, 0.2) is 0 Å². The predicted molar refractivity (Wildman–Crippen MR) is 41.3 cm³/mol. The van der Waals surface area contributed by atoms with Gasteiger partial charge in [0, 0.05) is 0 Å². The Morgan fingerprint density at radius 1 is 1.42 bits per heavy atom. The minimum atomic E-state index is -1.23. The van der Waals surface area contributed by atoms with Gasteiger partial charge in [0.2, 0.25) is 0 Å². The summed E-state index contributed by atoms with van der Waals surface area (Å²) in [6, 6.07) is 0. The van der Waals surface area contributed by atoms with Crippen molar-refractivity contribution >= 4 is 46.6 Å². The molecule has 4 nitrogen and oxygen atoms in total. The number of rotatable bonds is 2. The second kappa shape index (κ2) is 10.7. The van der Waals surface area contributed by atoms with E-state index in [4.69, 9.17) is 9.90 Å². The van der Waals surface area contributed by atoms with Crippen LogP contribution in [0.3, 0.4) is 0 Å². The van der Waals surface area contributed by atoms with Crippen molar-refractivity contribution in [1.29, 1.82) is 0 Å². The van der Waals surface area contributed by atoms with Crippen molar-refractivity contribution in [1.82, 2.24) is 0 Å². The molecule has 64 valence electrons. The van der Waals surface area contributed by atoms with E-state index < -0.39 is 17.8 Å². The van der Waals surface area contributed by atoms with Gasteiger partial charge in [-0.05, 0) is 12.5 Å². The minimum Gasteiger partial charge on any atom is -0.549 e. The molecule has 0 aromatic heterocycles.